The molecule has 14 heteroatoms. The number of nitrogens with zero attached hydrogens (tertiary/aromatic N) is 3. The minimum absolute atomic E-state index is 0.0574. The third-order valence-corrected chi connectivity index (χ3v) is 9.16. The van der Waals surface area contributed by atoms with Gasteiger partial charge in [-0.15, -0.1) is 0 Å². The number of amides is 2. The molecule has 2 amide bonds. The van der Waals surface area contributed by atoms with E-state index in [0.29, 0.717) is 35.9 Å². The summed E-state index contributed by atoms with van der Waals surface area (Å²) in [6, 6.07) is 7.22. The second kappa shape index (κ2) is 11.5. The number of carbonyl (C=O) groups excluding carboxylic acids is 2. The largest absolute Gasteiger partial charge is 0.378 e. The SMILES string of the molecule is CN(C)c1ccc(C(=O)Nc2n[nH]c3c2CN(S(=O)(=O)c2cc(F)cc(F)c2)CC3)c(NC(=O)C2CCNCC2)c1. The predicted octanol–water partition coefficient (Wildman–Crippen LogP) is 2.69. The number of rotatable bonds is 7. The zero-order chi connectivity index (χ0) is 29.3. The highest BCUT2D eigenvalue weighted by Crippen LogP contribution is 2.30. The first-order valence-electron chi connectivity index (χ1n) is 13.2. The monoisotopic (exact) mass is 587 g/mol. The molecule has 2 aliphatic heterocycles. The predicted molar refractivity (Wildman–Crippen MR) is 149 cm³/mol. The Morgan fingerprint density at radius 1 is 1.05 bits per heavy atom. The van der Waals surface area contributed by atoms with Gasteiger partial charge in [-0.2, -0.15) is 9.40 Å². The lowest BCUT2D eigenvalue weighted by Crippen LogP contribution is -2.36. The number of hydrogen-bond donors (Lipinski definition) is 4. The third-order valence-electron chi connectivity index (χ3n) is 7.34. The average Bonchev–Trinajstić information content (AvgIpc) is 3.34. The van der Waals surface area contributed by atoms with Crippen LogP contribution in [0.2, 0.25) is 0 Å². The van der Waals surface area contributed by atoms with E-state index in [1.165, 1.54) is 0 Å². The molecule has 3 heterocycles. The Kier molecular flexibility index (Phi) is 8.07. The summed E-state index contributed by atoms with van der Waals surface area (Å²) in [6.07, 6.45) is 1.65. The molecule has 0 radical (unpaired) electrons. The number of fused-ring (bicyclic) bond motifs is 1. The summed E-state index contributed by atoms with van der Waals surface area (Å²) < 4.78 is 54.9. The Morgan fingerprint density at radius 2 is 1.76 bits per heavy atom. The maximum atomic E-state index is 13.8. The van der Waals surface area contributed by atoms with Crippen molar-refractivity contribution in [1.29, 1.82) is 0 Å². The molecule has 0 spiro atoms. The number of piperidine rings is 1. The average molecular weight is 588 g/mol. The molecular weight excluding hydrogens is 556 g/mol. The van der Waals surface area contributed by atoms with Crippen LogP contribution in [0.15, 0.2) is 41.3 Å². The van der Waals surface area contributed by atoms with E-state index in [1.807, 2.05) is 19.0 Å². The lowest BCUT2D eigenvalue weighted by molar-refractivity contribution is -0.120. The lowest BCUT2D eigenvalue weighted by atomic mass is 9.97. The zero-order valence-corrected chi connectivity index (χ0v) is 23.4. The normalized spacial score (nSPS) is 16.2. The number of benzene rings is 2. The fourth-order valence-corrected chi connectivity index (χ4v) is 6.46. The smallest absolute Gasteiger partial charge is 0.258 e. The van der Waals surface area contributed by atoms with Gasteiger partial charge in [0.1, 0.15) is 11.6 Å². The fraction of sp³-hybridized carbons (Fsp3) is 0.370. The van der Waals surface area contributed by atoms with Crippen LogP contribution in [0.1, 0.15) is 34.5 Å². The molecule has 1 fully saturated rings. The number of aromatic nitrogens is 2. The van der Waals surface area contributed by atoms with Crippen molar-refractivity contribution < 1.29 is 26.8 Å². The minimum Gasteiger partial charge on any atom is -0.378 e. The van der Waals surface area contributed by atoms with Crippen molar-refractivity contribution in [3.8, 4) is 0 Å². The Balaban J connectivity index is 1.38. The van der Waals surface area contributed by atoms with Crippen molar-refractivity contribution in [2.24, 2.45) is 5.92 Å². The number of hydrogen-bond acceptors (Lipinski definition) is 7. The van der Waals surface area contributed by atoms with E-state index in [-0.39, 0.29) is 42.7 Å². The topological polar surface area (TPSA) is 140 Å². The molecule has 4 N–H and O–H groups in total. The highest BCUT2D eigenvalue weighted by Gasteiger charge is 2.32. The van der Waals surface area contributed by atoms with Gasteiger partial charge in [0.05, 0.1) is 16.1 Å². The molecule has 1 aromatic heterocycles. The van der Waals surface area contributed by atoms with Crippen LogP contribution in [-0.2, 0) is 27.8 Å². The van der Waals surface area contributed by atoms with Gasteiger partial charge in [0.2, 0.25) is 15.9 Å². The van der Waals surface area contributed by atoms with Gasteiger partial charge < -0.3 is 20.9 Å². The number of H-pyrrole nitrogens is 1. The highest BCUT2D eigenvalue weighted by molar-refractivity contribution is 7.89. The summed E-state index contributed by atoms with van der Waals surface area (Å²) in [5, 5.41) is 15.9. The molecular formula is C27H31F2N7O4S. The van der Waals surface area contributed by atoms with Crippen LogP contribution in [-0.4, -0.2) is 68.5 Å². The van der Waals surface area contributed by atoms with Gasteiger partial charge >= 0.3 is 0 Å². The second-order valence-electron chi connectivity index (χ2n) is 10.3. The van der Waals surface area contributed by atoms with Crippen molar-refractivity contribution in [3.63, 3.8) is 0 Å². The maximum Gasteiger partial charge on any atom is 0.258 e. The van der Waals surface area contributed by atoms with E-state index in [4.69, 9.17) is 0 Å². The van der Waals surface area contributed by atoms with Gasteiger partial charge in [-0.05, 0) is 56.3 Å². The summed E-state index contributed by atoms with van der Waals surface area (Å²) in [5.74, 6) is -2.75. The first-order chi connectivity index (χ1) is 19.5. The van der Waals surface area contributed by atoms with Gasteiger partial charge in [-0.1, -0.05) is 0 Å². The Bertz CT molecular complexity index is 1570. The quantitative estimate of drug-likeness (QED) is 0.333. The van der Waals surface area contributed by atoms with E-state index in [0.717, 1.165) is 35.2 Å². The van der Waals surface area contributed by atoms with Crippen LogP contribution < -0.4 is 20.9 Å². The molecule has 41 heavy (non-hydrogen) atoms. The van der Waals surface area contributed by atoms with Crippen LogP contribution in [0.4, 0.5) is 26.0 Å². The van der Waals surface area contributed by atoms with Crippen LogP contribution in [0, 0.1) is 17.6 Å². The maximum absolute atomic E-state index is 13.8. The van der Waals surface area contributed by atoms with Crippen LogP contribution in [0.5, 0.6) is 0 Å². The van der Waals surface area contributed by atoms with Crippen molar-refractivity contribution in [3.05, 3.63) is 64.9 Å². The number of anilines is 3. The van der Waals surface area contributed by atoms with Crippen molar-refractivity contribution in [1.82, 2.24) is 19.8 Å². The Morgan fingerprint density at radius 3 is 2.44 bits per heavy atom. The van der Waals surface area contributed by atoms with Crippen molar-refractivity contribution >= 4 is 39.0 Å². The first kappa shape index (κ1) is 28.6. The van der Waals surface area contributed by atoms with Crippen LogP contribution in [0.25, 0.3) is 0 Å². The molecule has 11 nitrogen and oxygen atoms in total. The number of sulfonamides is 1. The van der Waals surface area contributed by atoms with Gasteiger partial charge in [0.15, 0.2) is 5.82 Å². The summed E-state index contributed by atoms with van der Waals surface area (Å²) in [7, 11) is -0.529. The minimum atomic E-state index is -4.23. The molecule has 0 bridgehead atoms. The van der Waals surface area contributed by atoms with E-state index in [2.05, 4.69) is 26.1 Å². The molecule has 5 rings (SSSR count). The first-order valence-corrected chi connectivity index (χ1v) is 14.6. The summed E-state index contributed by atoms with van der Waals surface area (Å²) in [4.78, 5) is 27.8. The van der Waals surface area contributed by atoms with E-state index >= 15 is 0 Å². The number of aromatic amines is 1. The number of halogens is 2. The number of carbonyl (C=O) groups is 2. The standard InChI is InChI=1S/C27H31F2N7O4S/c1-35(2)19-3-4-21(24(14-19)31-26(37)16-5-8-30-9-6-16)27(38)32-25-22-15-36(10-7-23(22)33-34-25)41(39,40)20-12-17(28)11-18(29)13-20/h3-4,11-14,16,30H,5-10,15H2,1-2H3,(H,31,37)(H2,32,33,34,38). The van der Waals surface area contributed by atoms with Crippen LogP contribution >= 0.6 is 0 Å². The fourth-order valence-electron chi connectivity index (χ4n) is 5.01. The third kappa shape index (κ3) is 6.09. The molecule has 1 saturated heterocycles. The zero-order valence-electron chi connectivity index (χ0n) is 22.6. The summed E-state index contributed by atoms with van der Waals surface area (Å²) in [6.45, 7) is 1.38. The molecule has 0 saturated carbocycles. The highest BCUT2D eigenvalue weighted by atomic mass is 32.2. The number of nitrogens with one attached hydrogen (secondary N) is 4. The van der Waals surface area contributed by atoms with Gasteiger partial charge in [-0.25, -0.2) is 17.2 Å². The van der Waals surface area contributed by atoms with Gasteiger partial charge in [0, 0.05) is 62.5 Å². The summed E-state index contributed by atoms with van der Waals surface area (Å²) in [5.41, 5.74) is 2.42. The van der Waals surface area contributed by atoms with Gasteiger partial charge in [-0.3, -0.25) is 14.7 Å². The van der Waals surface area contributed by atoms with Crippen molar-refractivity contribution in [2.75, 3.05) is 49.3 Å². The lowest BCUT2D eigenvalue weighted by Gasteiger charge is -2.26. The van der Waals surface area contributed by atoms with E-state index in [1.54, 1.807) is 18.2 Å². The summed E-state index contributed by atoms with van der Waals surface area (Å²) >= 11 is 0. The molecule has 2 aromatic carbocycles. The van der Waals surface area contributed by atoms with Gasteiger partial charge in [0.25, 0.3) is 5.91 Å². The van der Waals surface area contributed by atoms with E-state index in [9.17, 15) is 26.8 Å². The molecule has 0 unspecified atom stereocenters. The van der Waals surface area contributed by atoms with Crippen LogP contribution in [0.3, 0.4) is 0 Å². The van der Waals surface area contributed by atoms with Crippen molar-refractivity contribution in [2.45, 2.75) is 30.7 Å². The van der Waals surface area contributed by atoms with E-state index < -0.39 is 32.5 Å². The Hall–Kier alpha value is -3.88. The Labute approximate surface area is 236 Å². The molecule has 2 aliphatic rings. The molecule has 3 aromatic rings. The molecule has 218 valence electrons. The molecule has 0 aliphatic carbocycles. The second-order valence-corrected chi connectivity index (χ2v) is 12.3. The molecule has 0 atom stereocenters.